The first-order valence-electron chi connectivity index (χ1n) is 11.3. The molecule has 0 aliphatic carbocycles. The van der Waals surface area contributed by atoms with Crippen LogP contribution < -0.4 is 10.6 Å². The molecule has 14 heteroatoms. The fourth-order valence-electron chi connectivity index (χ4n) is 3.26. The molecule has 0 bridgehead atoms. The Hall–Kier alpha value is -4.62. The largest absolute Gasteiger partial charge is 0.467 e. The second-order valence-electron chi connectivity index (χ2n) is 7.80. The van der Waals surface area contributed by atoms with Crippen LogP contribution in [0.4, 0.5) is 0 Å². The minimum atomic E-state index is -1.94. The average molecular weight is 536 g/mol. The van der Waals surface area contributed by atoms with Crippen LogP contribution in [0.3, 0.4) is 0 Å². The molecule has 2 amide bonds. The van der Waals surface area contributed by atoms with Crippen molar-refractivity contribution >= 4 is 35.7 Å². The lowest BCUT2D eigenvalue weighted by molar-refractivity contribution is -0.200. The lowest BCUT2D eigenvalue weighted by atomic mass is 10.00. The van der Waals surface area contributed by atoms with Crippen molar-refractivity contribution in [1.29, 1.82) is 0 Å². The summed E-state index contributed by atoms with van der Waals surface area (Å²) in [6.07, 6.45) is -4.98. The van der Waals surface area contributed by atoms with Gasteiger partial charge in [0.05, 0.1) is 25.6 Å². The van der Waals surface area contributed by atoms with Gasteiger partial charge in [-0.15, -0.1) is 0 Å². The third kappa shape index (κ3) is 9.44. The Morgan fingerprint density at radius 1 is 0.632 bits per heavy atom. The van der Waals surface area contributed by atoms with E-state index in [-0.39, 0.29) is 13.1 Å². The number of carbonyl (C=O) groups is 6. The van der Waals surface area contributed by atoms with Crippen molar-refractivity contribution in [1.82, 2.24) is 10.6 Å². The maximum atomic E-state index is 13.1. The molecule has 2 aromatic heterocycles. The molecule has 2 N–H and O–H groups in total. The van der Waals surface area contributed by atoms with Crippen molar-refractivity contribution in [2.45, 2.75) is 65.2 Å². The number of ether oxygens (including phenoxy) is 4. The SMILES string of the molecule is CC(=O)O[C@H]([C@H](OC(C)=O)[C@@H](OC(C)=O)C(=O)NCc1ccco1)[C@H](OC(C)=O)C(=O)NCc1ccco1. The molecular weight excluding hydrogens is 508 g/mol. The normalized spacial score (nSPS) is 13.7. The quantitative estimate of drug-likeness (QED) is 0.267. The highest BCUT2D eigenvalue weighted by Crippen LogP contribution is 2.21. The number of amides is 2. The van der Waals surface area contributed by atoms with Crippen molar-refractivity contribution < 1.29 is 56.5 Å². The number of carbonyl (C=O) groups excluding carboxylic acids is 6. The molecule has 2 aromatic rings. The smallest absolute Gasteiger partial charge is 0.303 e. The van der Waals surface area contributed by atoms with E-state index in [9.17, 15) is 28.8 Å². The molecule has 2 heterocycles. The molecule has 0 fully saturated rings. The summed E-state index contributed by atoms with van der Waals surface area (Å²) in [5.41, 5.74) is 0. The predicted octanol–water partition coefficient (Wildman–Crippen LogP) is 0.532. The summed E-state index contributed by atoms with van der Waals surface area (Å²) in [7, 11) is 0. The zero-order valence-electron chi connectivity index (χ0n) is 21.1. The minimum absolute atomic E-state index is 0.147. The molecule has 0 saturated heterocycles. The second kappa shape index (κ2) is 14.2. The maximum Gasteiger partial charge on any atom is 0.303 e. The van der Waals surface area contributed by atoms with Gasteiger partial charge < -0.3 is 38.4 Å². The van der Waals surface area contributed by atoms with Crippen LogP contribution in [-0.4, -0.2) is 60.1 Å². The number of esters is 4. The van der Waals surface area contributed by atoms with Crippen molar-refractivity contribution in [3.63, 3.8) is 0 Å². The molecule has 0 aliphatic rings. The first-order valence-corrected chi connectivity index (χ1v) is 11.3. The third-order valence-electron chi connectivity index (χ3n) is 4.66. The lowest BCUT2D eigenvalue weighted by Gasteiger charge is -2.34. The van der Waals surface area contributed by atoms with Gasteiger partial charge in [0.2, 0.25) is 12.2 Å². The highest BCUT2D eigenvalue weighted by atomic mass is 16.6. The third-order valence-corrected chi connectivity index (χ3v) is 4.66. The molecule has 14 nitrogen and oxygen atoms in total. The van der Waals surface area contributed by atoms with E-state index in [1.807, 2.05) is 0 Å². The Morgan fingerprint density at radius 3 is 1.24 bits per heavy atom. The van der Waals surface area contributed by atoms with E-state index < -0.39 is 60.1 Å². The van der Waals surface area contributed by atoms with Crippen LogP contribution in [0.5, 0.6) is 0 Å². The number of hydrogen-bond donors (Lipinski definition) is 2. The van der Waals surface area contributed by atoms with Crippen molar-refractivity contribution in [3.8, 4) is 0 Å². The number of hydrogen-bond acceptors (Lipinski definition) is 12. The van der Waals surface area contributed by atoms with Crippen LogP contribution in [0.1, 0.15) is 39.2 Å². The van der Waals surface area contributed by atoms with Crippen LogP contribution >= 0.6 is 0 Å². The van der Waals surface area contributed by atoms with Gasteiger partial charge in [0.1, 0.15) is 11.5 Å². The molecule has 0 aliphatic heterocycles. The first kappa shape index (κ1) is 29.6. The second-order valence-corrected chi connectivity index (χ2v) is 7.80. The van der Waals surface area contributed by atoms with Crippen molar-refractivity contribution in [2.24, 2.45) is 0 Å². The zero-order valence-corrected chi connectivity index (χ0v) is 21.1. The molecule has 0 unspecified atom stereocenters. The van der Waals surface area contributed by atoms with Crippen LogP contribution in [0.2, 0.25) is 0 Å². The Labute approximate surface area is 216 Å². The van der Waals surface area contributed by atoms with Gasteiger partial charge in [-0.3, -0.25) is 28.8 Å². The van der Waals surface area contributed by atoms with Gasteiger partial charge in [-0.05, 0) is 24.3 Å². The molecule has 0 spiro atoms. The summed E-state index contributed by atoms with van der Waals surface area (Å²) in [5, 5.41) is 4.89. The number of nitrogens with one attached hydrogen (secondary N) is 2. The number of rotatable bonds is 13. The monoisotopic (exact) mass is 536 g/mol. The summed E-state index contributed by atoms with van der Waals surface area (Å²) >= 11 is 0. The number of furan rings is 2. The highest BCUT2D eigenvalue weighted by molar-refractivity contribution is 5.87. The van der Waals surface area contributed by atoms with E-state index in [4.69, 9.17) is 27.8 Å². The molecular formula is C24H28N2O12. The predicted molar refractivity (Wildman–Crippen MR) is 123 cm³/mol. The lowest BCUT2D eigenvalue weighted by Crippen LogP contribution is -2.59. The standard InChI is InChI=1S/C24H28N2O12/c1-13(27)35-19(21(37-15(3)29)23(31)25-11-17-7-5-9-33-17)20(36-14(2)28)22(38-16(4)30)24(32)26-12-18-8-6-10-34-18/h5-10,19-22H,11-12H2,1-4H3,(H,25,31)(H,26,32)/t19-,20+,21+,22-. The topological polar surface area (TPSA) is 190 Å². The molecule has 0 saturated carbocycles. The van der Waals surface area contributed by atoms with Crippen LogP contribution in [-0.2, 0) is 60.8 Å². The first-order chi connectivity index (χ1) is 18.0. The highest BCUT2D eigenvalue weighted by Gasteiger charge is 2.49. The van der Waals surface area contributed by atoms with Crippen molar-refractivity contribution in [3.05, 3.63) is 48.3 Å². The van der Waals surface area contributed by atoms with Gasteiger partial charge in [-0.1, -0.05) is 0 Å². The fraction of sp³-hybridized carbons (Fsp3) is 0.417. The minimum Gasteiger partial charge on any atom is -0.467 e. The average Bonchev–Trinajstić information content (AvgIpc) is 3.54. The van der Waals surface area contributed by atoms with E-state index >= 15 is 0 Å². The Kier molecular flexibility index (Phi) is 11.1. The van der Waals surface area contributed by atoms with Crippen molar-refractivity contribution in [2.75, 3.05) is 0 Å². The van der Waals surface area contributed by atoms with Gasteiger partial charge in [0.25, 0.3) is 11.8 Å². The van der Waals surface area contributed by atoms with Gasteiger partial charge in [0, 0.05) is 27.7 Å². The summed E-state index contributed by atoms with van der Waals surface area (Å²) in [6, 6.07) is 6.28. The Morgan fingerprint density at radius 2 is 0.974 bits per heavy atom. The fourth-order valence-corrected chi connectivity index (χ4v) is 3.26. The summed E-state index contributed by atoms with van der Waals surface area (Å²) in [4.78, 5) is 74.1. The van der Waals surface area contributed by atoms with Crippen LogP contribution in [0, 0.1) is 0 Å². The Bertz CT molecular complexity index is 1020. The maximum absolute atomic E-state index is 13.1. The molecule has 2 rings (SSSR count). The molecule has 0 aromatic carbocycles. The molecule has 38 heavy (non-hydrogen) atoms. The summed E-state index contributed by atoms with van der Waals surface area (Å²) < 4.78 is 31.0. The van der Waals surface area contributed by atoms with Crippen LogP contribution in [0.25, 0.3) is 0 Å². The van der Waals surface area contributed by atoms with Gasteiger partial charge >= 0.3 is 23.9 Å². The van der Waals surface area contributed by atoms with Gasteiger partial charge in [-0.25, -0.2) is 0 Å². The Balaban J connectivity index is 2.46. The van der Waals surface area contributed by atoms with E-state index in [1.54, 1.807) is 24.3 Å². The van der Waals surface area contributed by atoms with E-state index in [0.717, 1.165) is 27.7 Å². The van der Waals surface area contributed by atoms with E-state index in [1.165, 1.54) is 12.5 Å². The van der Waals surface area contributed by atoms with E-state index in [0.29, 0.717) is 11.5 Å². The van der Waals surface area contributed by atoms with Crippen LogP contribution in [0.15, 0.2) is 45.6 Å². The molecule has 4 atom stereocenters. The van der Waals surface area contributed by atoms with Gasteiger partial charge in [0.15, 0.2) is 12.2 Å². The zero-order chi connectivity index (χ0) is 28.2. The summed E-state index contributed by atoms with van der Waals surface area (Å²) in [5.74, 6) is -5.19. The summed E-state index contributed by atoms with van der Waals surface area (Å²) in [6.45, 7) is 3.62. The van der Waals surface area contributed by atoms with Gasteiger partial charge in [-0.2, -0.15) is 0 Å². The molecule has 206 valence electrons. The molecule has 0 radical (unpaired) electrons. The van der Waals surface area contributed by atoms with E-state index in [2.05, 4.69) is 10.6 Å².